The molecule has 1 saturated carbocycles. The minimum Gasteiger partial charge on any atom is -0.487 e. The SMILES string of the molecule is N#Cc1ccc(OC2CC2)c(N)n1. The smallest absolute Gasteiger partial charge is 0.167 e. The Balaban J connectivity index is 2.21. The molecule has 0 saturated heterocycles. The maximum atomic E-state index is 8.54. The van der Waals surface area contributed by atoms with Gasteiger partial charge in [-0.1, -0.05) is 0 Å². The molecule has 0 unspecified atom stereocenters. The summed E-state index contributed by atoms with van der Waals surface area (Å²) in [5.41, 5.74) is 5.91. The first kappa shape index (κ1) is 7.87. The van der Waals surface area contributed by atoms with E-state index in [1.165, 1.54) is 0 Å². The van der Waals surface area contributed by atoms with Crippen molar-refractivity contribution in [2.75, 3.05) is 5.73 Å². The number of nitriles is 1. The molecule has 0 bridgehead atoms. The van der Waals surface area contributed by atoms with Gasteiger partial charge in [-0.3, -0.25) is 0 Å². The summed E-state index contributed by atoms with van der Waals surface area (Å²) < 4.78 is 5.46. The van der Waals surface area contributed by atoms with Crippen molar-refractivity contribution in [2.24, 2.45) is 0 Å². The number of anilines is 1. The zero-order chi connectivity index (χ0) is 9.26. The Morgan fingerprint density at radius 2 is 2.31 bits per heavy atom. The van der Waals surface area contributed by atoms with Crippen molar-refractivity contribution in [2.45, 2.75) is 18.9 Å². The Morgan fingerprint density at radius 3 is 2.85 bits per heavy atom. The Labute approximate surface area is 76.0 Å². The van der Waals surface area contributed by atoms with Crippen LogP contribution in [0.4, 0.5) is 5.82 Å². The molecule has 1 fully saturated rings. The number of hydrogen-bond acceptors (Lipinski definition) is 4. The Morgan fingerprint density at radius 1 is 1.54 bits per heavy atom. The van der Waals surface area contributed by atoms with Crippen molar-refractivity contribution in [1.82, 2.24) is 4.98 Å². The van der Waals surface area contributed by atoms with E-state index in [-0.39, 0.29) is 0 Å². The third-order valence-corrected chi connectivity index (χ3v) is 1.82. The number of nitrogen functional groups attached to an aromatic ring is 1. The van der Waals surface area contributed by atoms with Crippen LogP contribution in [-0.2, 0) is 0 Å². The second kappa shape index (κ2) is 2.94. The predicted molar refractivity (Wildman–Crippen MR) is 47.0 cm³/mol. The van der Waals surface area contributed by atoms with Crippen molar-refractivity contribution >= 4 is 5.82 Å². The van der Waals surface area contributed by atoms with Crippen LogP contribution < -0.4 is 10.5 Å². The van der Waals surface area contributed by atoms with E-state index in [2.05, 4.69) is 4.98 Å². The highest BCUT2D eigenvalue weighted by Crippen LogP contribution is 2.29. The number of ether oxygens (including phenoxy) is 1. The second-order valence-corrected chi connectivity index (χ2v) is 3.01. The van der Waals surface area contributed by atoms with Crippen LogP contribution in [0.2, 0.25) is 0 Å². The first-order valence-electron chi connectivity index (χ1n) is 4.13. The van der Waals surface area contributed by atoms with Gasteiger partial charge in [0.2, 0.25) is 0 Å². The predicted octanol–water partition coefficient (Wildman–Crippen LogP) is 1.08. The maximum absolute atomic E-state index is 8.54. The number of nitrogens with zero attached hydrogens (tertiary/aromatic N) is 2. The van der Waals surface area contributed by atoms with Gasteiger partial charge in [0.15, 0.2) is 11.6 Å². The number of aromatic nitrogens is 1. The van der Waals surface area contributed by atoms with Crippen LogP contribution in [0, 0.1) is 11.3 Å². The third kappa shape index (κ3) is 1.70. The molecule has 0 aromatic carbocycles. The summed E-state index contributed by atoms with van der Waals surface area (Å²) in [4.78, 5) is 3.86. The minimum absolute atomic E-state index is 0.297. The normalized spacial score (nSPS) is 15.0. The summed E-state index contributed by atoms with van der Waals surface area (Å²) >= 11 is 0. The molecule has 2 N–H and O–H groups in total. The van der Waals surface area contributed by atoms with E-state index in [4.69, 9.17) is 15.7 Å². The van der Waals surface area contributed by atoms with Crippen LogP contribution in [0.5, 0.6) is 5.75 Å². The molecule has 4 nitrogen and oxygen atoms in total. The van der Waals surface area contributed by atoms with Gasteiger partial charge >= 0.3 is 0 Å². The molecule has 0 radical (unpaired) electrons. The second-order valence-electron chi connectivity index (χ2n) is 3.01. The lowest BCUT2D eigenvalue weighted by Gasteiger charge is -2.05. The van der Waals surface area contributed by atoms with Crippen molar-refractivity contribution in [3.63, 3.8) is 0 Å². The third-order valence-electron chi connectivity index (χ3n) is 1.82. The van der Waals surface area contributed by atoms with E-state index < -0.39 is 0 Å². The molecule has 4 heteroatoms. The number of hydrogen-bond donors (Lipinski definition) is 1. The zero-order valence-electron chi connectivity index (χ0n) is 7.03. The lowest BCUT2D eigenvalue weighted by atomic mass is 10.3. The molecule has 1 aromatic rings. The summed E-state index contributed by atoms with van der Waals surface area (Å²) in [6.45, 7) is 0. The van der Waals surface area contributed by atoms with Crippen molar-refractivity contribution < 1.29 is 4.74 Å². The minimum atomic E-state index is 0.297. The Hall–Kier alpha value is -1.76. The van der Waals surface area contributed by atoms with Crippen molar-refractivity contribution in [3.05, 3.63) is 17.8 Å². The van der Waals surface area contributed by atoms with Gasteiger partial charge in [-0.15, -0.1) is 0 Å². The lowest BCUT2D eigenvalue weighted by Crippen LogP contribution is -2.02. The molecule has 0 amide bonds. The van der Waals surface area contributed by atoms with Gasteiger partial charge in [-0.05, 0) is 25.0 Å². The average molecular weight is 175 g/mol. The molecule has 0 spiro atoms. The molecule has 66 valence electrons. The van der Waals surface area contributed by atoms with E-state index >= 15 is 0 Å². The van der Waals surface area contributed by atoms with Crippen LogP contribution in [0.25, 0.3) is 0 Å². The van der Waals surface area contributed by atoms with Gasteiger partial charge in [0, 0.05) is 0 Å². The highest BCUT2D eigenvalue weighted by molar-refractivity contribution is 5.48. The molecular formula is C9H9N3O. The van der Waals surface area contributed by atoms with Gasteiger partial charge < -0.3 is 10.5 Å². The molecule has 1 heterocycles. The van der Waals surface area contributed by atoms with Gasteiger partial charge in [0.25, 0.3) is 0 Å². The number of nitrogens with two attached hydrogens (primary N) is 1. The number of pyridine rings is 1. The fourth-order valence-corrected chi connectivity index (χ4v) is 0.990. The maximum Gasteiger partial charge on any atom is 0.167 e. The van der Waals surface area contributed by atoms with Gasteiger partial charge in [0.1, 0.15) is 11.8 Å². The van der Waals surface area contributed by atoms with Gasteiger partial charge in [-0.25, -0.2) is 4.98 Å². The molecule has 13 heavy (non-hydrogen) atoms. The summed E-state index contributed by atoms with van der Waals surface area (Å²) in [5, 5.41) is 8.54. The summed E-state index contributed by atoms with van der Waals surface area (Å²) in [5.74, 6) is 0.882. The zero-order valence-corrected chi connectivity index (χ0v) is 7.03. The molecule has 1 aliphatic rings. The molecule has 1 aliphatic carbocycles. The van der Waals surface area contributed by atoms with Crippen molar-refractivity contribution in [3.8, 4) is 11.8 Å². The topological polar surface area (TPSA) is 71.9 Å². The van der Waals surface area contributed by atoms with Crippen LogP contribution in [0.1, 0.15) is 18.5 Å². The Kier molecular flexibility index (Phi) is 1.78. The largest absolute Gasteiger partial charge is 0.487 e. The summed E-state index contributed by atoms with van der Waals surface area (Å²) in [6, 6.07) is 5.22. The molecule has 1 aromatic heterocycles. The van der Waals surface area contributed by atoms with Gasteiger partial charge in [-0.2, -0.15) is 5.26 Å². The Bertz CT molecular complexity index is 366. The van der Waals surface area contributed by atoms with Crippen LogP contribution in [-0.4, -0.2) is 11.1 Å². The summed E-state index contributed by atoms with van der Waals surface area (Å²) in [6.07, 6.45) is 2.47. The number of rotatable bonds is 2. The fraction of sp³-hybridized carbons (Fsp3) is 0.333. The highest BCUT2D eigenvalue weighted by Gasteiger charge is 2.24. The first-order valence-corrected chi connectivity index (χ1v) is 4.13. The van der Waals surface area contributed by atoms with E-state index in [1.807, 2.05) is 6.07 Å². The monoisotopic (exact) mass is 175 g/mol. The highest BCUT2D eigenvalue weighted by atomic mass is 16.5. The standard InChI is InChI=1S/C9H9N3O/c10-5-6-1-4-8(9(11)12-6)13-7-2-3-7/h1,4,7H,2-3H2,(H2,11,12). The van der Waals surface area contributed by atoms with E-state index in [9.17, 15) is 0 Å². The first-order chi connectivity index (χ1) is 6.29. The molecule has 0 atom stereocenters. The summed E-state index contributed by atoms with van der Waals surface area (Å²) in [7, 11) is 0. The van der Waals surface area contributed by atoms with E-state index in [1.54, 1.807) is 12.1 Å². The quantitative estimate of drug-likeness (QED) is 0.729. The molecular weight excluding hydrogens is 166 g/mol. The van der Waals surface area contributed by atoms with Gasteiger partial charge in [0.05, 0.1) is 6.10 Å². The fourth-order valence-electron chi connectivity index (χ4n) is 0.990. The van der Waals surface area contributed by atoms with Crippen LogP contribution >= 0.6 is 0 Å². The van der Waals surface area contributed by atoms with E-state index in [0.29, 0.717) is 23.4 Å². The van der Waals surface area contributed by atoms with E-state index in [0.717, 1.165) is 12.8 Å². The van der Waals surface area contributed by atoms with Crippen LogP contribution in [0.15, 0.2) is 12.1 Å². The lowest BCUT2D eigenvalue weighted by molar-refractivity contribution is 0.304. The van der Waals surface area contributed by atoms with Crippen molar-refractivity contribution in [1.29, 1.82) is 5.26 Å². The molecule has 0 aliphatic heterocycles. The average Bonchev–Trinajstić information content (AvgIpc) is 2.92. The molecule has 2 rings (SSSR count). The van der Waals surface area contributed by atoms with Crippen LogP contribution in [0.3, 0.4) is 0 Å².